The Balaban J connectivity index is 1.47. The van der Waals surface area contributed by atoms with Crippen LogP contribution in [0.5, 0.6) is 5.75 Å². The number of carbonyl (C=O) groups excluding carboxylic acids is 1. The van der Waals surface area contributed by atoms with Crippen LogP contribution >= 0.6 is 0 Å². The SMILES string of the molecule is COc1ccc(CNC(=O)Cn2cccc(-c3nc(-c4ccccc4C)no3)c2=O)cc1. The minimum atomic E-state index is -0.382. The van der Waals surface area contributed by atoms with Gasteiger partial charge >= 0.3 is 0 Å². The van der Waals surface area contributed by atoms with Crippen LogP contribution in [0.2, 0.25) is 0 Å². The van der Waals surface area contributed by atoms with E-state index >= 15 is 0 Å². The van der Waals surface area contributed by atoms with Gasteiger partial charge in [-0.2, -0.15) is 4.98 Å². The van der Waals surface area contributed by atoms with Crippen molar-refractivity contribution in [3.05, 3.63) is 88.3 Å². The summed E-state index contributed by atoms with van der Waals surface area (Å²) in [7, 11) is 1.60. The first-order chi connectivity index (χ1) is 15.5. The molecule has 0 unspecified atom stereocenters. The molecule has 0 saturated carbocycles. The quantitative estimate of drug-likeness (QED) is 0.483. The molecule has 2 aromatic heterocycles. The van der Waals surface area contributed by atoms with Crippen molar-refractivity contribution in [1.29, 1.82) is 0 Å². The Hall–Kier alpha value is -4.20. The maximum atomic E-state index is 12.9. The summed E-state index contributed by atoms with van der Waals surface area (Å²) in [6.07, 6.45) is 1.55. The summed E-state index contributed by atoms with van der Waals surface area (Å²) >= 11 is 0. The van der Waals surface area contributed by atoms with Gasteiger partial charge in [0.2, 0.25) is 11.7 Å². The van der Waals surface area contributed by atoms with Crippen molar-refractivity contribution in [2.24, 2.45) is 0 Å². The van der Waals surface area contributed by atoms with Crippen molar-refractivity contribution in [3.8, 4) is 28.6 Å². The highest BCUT2D eigenvalue weighted by molar-refractivity contribution is 5.75. The zero-order chi connectivity index (χ0) is 22.5. The number of carbonyl (C=O) groups is 1. The Morgan fingerprint density at radius 3 is 2.56 bits per heavy atom. The van der Waals surface area contributed by atoms with Crippen molar-refractivity contribution in [2.75, 3.05) is 7.11 Å². The number of pyridine rings is 1. The van der Waals surface area contributed by atoms with E-state index in [2.05, 4.69) is 15.5 Å². The molecular formula is C24H22N4O4. The number of benzene rings is 2. The second kappa shape index (κ2) is 9.30. The van der Waals surface area contributed by atoms with Gasteiger partial charge in [-0.3, -0.25) is 9.59 Å². The van der Waals surface area contributed by atoms with E-state index in [0.29, 0.717) is 12.4 Å². The fourth-order valence-electron chi connectivity index (χ4n) is 3.24. The molecule has 4 aromatic rings. The van der Waals surface area contributed by atoms with E-state index in [1.54, 1.807) is 25.4 Å². The number of nitrogens with zero attached hydrogens (tertiary/aromatic N) is 3. The fourth-order valence-corrected chi connectivity index (χ4v) is 3.24. The van der Waals surface area contributed by atoms with E-state index < -0.39 is 0 Å². The van der Waals surface area contributed by atoms with Crippen molar-refractivity contribution in [3.63, 3.8) is 0 Å². The summed E-state index contributed by atoms with van der Waals surface area (Å²) in [5.74, 6) is 0.979. The second-order valence-electron chi connectivity index (χ2n) is 7.22. The lowest BCUT2D eigenvalue weighted by Crippen LogP contribution is -2.32. The number of rotatable bonds is 7. The van der Waals surface area contributed by atoms with Gasteiger partial charge in [0.25, 0.3) is 11.4 Å². The summed E-state index contributed by atoms with van der Waals surface area (Å²) in [5.41, 5.74) is 2.61. The van der Waals surface area contributed by atoms with Gasteiger partial charge in [-0.05, 0) is 42.3 Å². The van der Waals surface area contributed by atoms with E-state index in [1.165, 1.54) is 4.57 Å². The predicted octanol–water partition coefficient (Wildman–Crippen LogP) is 3.20. The molecule has 0 aliphatic rings. The van der Waals surface area contributed by atoms with E-state index in [0.717, 1.165) is 22.4 Å². The molecule has 0 aliphatic carbocycles. The maximum Gasteiger partial charge on any atom is 0.263 e. The minimum absolute atomic E-state index is 0.112. The zero-order valence-electron chi connectivity index (χ0n) is 17.7. The first-order valence-electron chi connectivity index (χ1n) is 10.0. The largest absolute Gasteiger partial charge is 0.497 e. The van der Waals surface area contributed by atoms with Gasteiger partial charge in [0.1, 0.15) is 17.9 Å². The molecule has 8 heteroatoms. The standard InChI is InChI=1S/C24H22N4O4/c1-16-6-3-4-7-19(16)22-26-23(32-27-22)20-8-5-13-28(24(20)30)15-21(29)25-14-17-9-11-18(31-2)12-10-17/h3-13H,14-15H2,1-2H3,(H,25,29). The van der Waals surface area contributed by atoms with Crippen molar-refractivity contribution in [2.45, 2.75) is 20.0 Å². The number of hydrogen-bond acceptors (Lipinski definition) is 6. The molecule has 0 atom stereocenters. The summed E-state index contributed by atoms with van der Waals surface area (Å²) in [6, 6.07) is 18.3. The molecule has 2 aromatic carbocycles. The molecule has 0 saturated heterocycles. The zero-order valence-corrected chi connectivity index (χ0v) is 17.7. The Kier molecular flexibility index (Phi) is 6.12. The van der Waals surface area contributed by atoms with Gasteiger partial charge in [0.15, 0.2) is 0 Å². The van der Waals surface area contributed by atoms with Gasteiger partial charge in [-0.25, -0.2) is 0 Å². The smallest absolute Gasteiger partial charge is 0.263 e. The molecule has 8 nitrogen and oxygen atoms in total. The highest BCUT2D eigenvalue weighted by Gasteiger charge is 2.16. The number of aryl methyl sites for hydroxylation is 1. The molecule has 0 spiro atoms. The van der Waals surface area contributed by atoms with Crippen molar-refractivity contribution >= 4 is 5.91 Å². The van der Waals surface area contributed by atoms with Crippen LogP contribution in [-0.2, 0) is 17.9 Å². The molecule has 4 rings (SSSR count). The first-order valence-corrected chi connectivity index (χ1v) is 10.0. The number of methoxy groups -OCH3 is 1. The number of aromatic nitrogens is 3. The third-order valence-corrected chi connectivity index (χ3v) is 5.03. The molecule has 32 heavy (non-hydrogen) atoms. The molecule has 2 heterocycles. The van der Waals surface area contributed by atoms with Crippen LogP contribution in [0.4, 0.5) is 0 Å². The maximum absolute atomic E-state index is 12.9. The Bertz CT molecular complexity index is 1290. The number of nitrogens with one attached hydrogen (secondary N) is 1. The van der Waals surface area contributed by atoms with Gasteiger partial charge in [0.05, 0.1) is 7.11 Å². The summed E-state index contributed by atoms with van der Waals surface area (Å²) in [4.78, 5) is 29.7. The van der Waals surface area contributed by atoms with Crippen LogP contribution in [0.1, 0.15) is 11.1 Å². The summed E-state index contributed by atoms with van der Waals surface area (Å²) in [5, 5.41) is 6.82. The van der Waals surface area contributed by atoms with Crippen molar-refractivity contribution in [1.82, 2.24) is 20.0 Å². The number of ether oxygens (including phenoxy) is 1. The summed E-state index contributed by atoms with van der Waals surface area (Å²) in [6.45, 7) is 2.17. The monoisotopic (exact) mass is 430 g/mol. The lowest BCUT2D eigenvalue weighted by Gasteiger charge is -2.08. The summed E-state index contributed by atoms with van der Waals surface area (Å²) < 4.78 is 11.8. The average molecular weight is 430 g/mol. The first kappa shape index (κ1) is 21.0. The lowest BCUT2D eigenvalue weighted by atomic mass is 10.1. The number of amides is 1. The van der Waals surface area contributed by atoms with E-state index in [1.807, 2.05) is 55.5 Å². The van der Waals surface area contributed by atoms with Crippen LogP contribution in [0.3, 0.4) is 0 Å². The molecule has 0 aliphatic heterocycles. The third kappa shape index (κ3) is 4.59. The van der Waals surface area contributed by atoms with Crippen LogP contribution in [0, 0.1) is 6.92 Å². The second-order valence-corrected chi connectivity index (χ2v) is 7.22. The van der Waals surface area contributed by atoms with E-state index in [9.17, 15) is 9.59 Å². The van der Waals surface area contributed by atoms with E-state index in [4.69, 9.17) is 9.26 Å². The molecular weight excluding hydrogens is 408 g/mol. The highest BCUT2D eigenvalue weighted by Crippen LogP contribution is 2.22. The minimum Gasteiger partial charge on any atom is -0.497 e. The Labute approximate surface area is 184 Å². The van der Waals surface area contributed by atoms with Crippen LogP contribution in [0.25, 0.3) is 22.8 Å². The van der Waals surface area contributed by atoms with Crippen LogP contribution in [0.15, 0.2) is 76.2 Å². The topological polar surface area (TPSA) is 99.2 Å². The fraction of sp³-hybridized carbons (Fsp3) is 0.167. The van der Waals surface area contributed by atoms with E-state index in [-0.39, 0.29) is 29.5 Å². The van der Waals surface area contributed by atoms with Gasteiger partial charge in [-0.15, -0.1) is 0 Å². The lowest BCUT2D eigenvalue weighted by molar-refractivity contribution is -0.121. The third-order valence-electron chi connectivity index (χ3n) is 5.03. The van der Waals surface area contributed by atoms with Crippen LogP contribution in [-0.4, -0.2) is 27.7 Å². The predicted molar refractivity (Wildman–Crippen MR) is 119 cm³/mol. The van der Waals surface area contributed by atoms with Crippen LogP contribution < -0.4 is 15.6 Å². The Morgan fingerprint density at radius 1 is 1.06 bits per heavy atom. The normalized spacial score (nSPS) is 10.7. The average Bonchev–Trinajstić information content (AvgIpc) is 3.29. The molecule has 1 N–H and O–H groups in total. The molecule has 0 fully saturated rings. The highest BCUT2D eigenvalue weighted by atomic mass is 16.5. The van der Waals surface area contributed by atoms with Gasteiger partial charge in [-0.1, -0.05) is 41.6 Å². The molecule has 0 radical (unpaired) electrons. The van der Waals surface area contributed by atoms with Gasteiger partial charge in [0, 0.05) is 18.3 Å². The molecule has 162 valence electrons. The van der Waals surface area contributed by atoms with Gasteiger partial charge < -0.3 is 19.1 Å². The Morgan fingerprint density at radius 2 is 1.81 bits per heavy atom. The van der Waals surface area contributed by atoms with Crippen molar-refractivity contribution < 1.29 is 14.1 Å². The molecule has 0 bridgehead atoms. The number of hydrogen-bond donors (Lipinski definition) is 1. The molecule has 1 amide bonds.